The van der Waals surface area contributed by atoms with Gasteiger partial charge in [-0.2, -0.15) is 0 Å². The molecule has 0 unspecified atom stereocenters. The van der Waals surface area contributed by atoms with Gasteiger partial charge in [0.05, 0.1) is 18.8 Å². The van der Waals surface area contributed by atoms with Gasteiger partial charge in [0, 0.05) is 31.7 Å². The van der Waals surface area contributed by atoms with Crippen molar-refractivity contribution >= 4 is 12.0 Å². The van der Waals surface area contributed by atoms with Gasteiger partial charge in [-0.3, -0.25) is 9.69 Å². The standard InChI is InChI=1S/C25H39N3O4/c1-24(2,3)32-23(30)27-25(11-6-4-5-7-12-25)19-26-22(29)21-10-8-9-20(17-21)18-28-13-15-31-16-14-28/h8-10,17H,4-7,11-16,18-19H2,1-3H3,(H,26,29)(H,27,30). The molecule has 3 rings (SSSR count). The van der Waals surface area contributed by atoms with E-state index in [0.29, 0.717) is 12.1 Å². The SMILES string of the molecule is CC(C)(C)OC(=O)NC1(CNC(=O)c2cccc(CN3CCOCC3)c2)CCCCCC1. The van der Waals surface area contributed by atoms with Crippen molar-refractivity contribution in [3.8, 4) is 0 Å². The van der Waals surface area contributed by atoms with Crippen LogP contribution < -0.4 is 10.6 Å². The van der Waals surface area contributed by atoms with Crippen LogP contribution in [0.25, 0.3) is 0 Å². The largest absolute Gasteiger partial charge is 0.444 e. The Labute approximate surface area is 192 Å². The Morgan fingerprint density at radius 3 is 2.44 bits per heavy atom. The zero-order chi connectivity index (χ0) is 23.0. The second-order valence-corrected chi connectivity index (χ2v) is 10.1. The molecule has 2 N–H and O–H groups in total. The Hall–Kier alpha value is -2.12. The third-order valence-electron chi connectivity index (χ3n) is 6.11. The fourth-order valence-electron chi connectivity index (χ4n) is 4.45. The summed E-state index contributed by atoms with van der Waals surface area (Å²) in [5, 5.41) is 6.20. The van der Waals surface area contributed by atoms with Crippen LogP contribution in [0.3, 0.4) is 0 Å². The summed E-state index contributed by atoms with van der Waals surface area (Å²) >= 11 is 0. The van der Waals surface area contributed by atoms with Crippen LogP contribution in [0.4, 0.5) is 4.79 Å². The fraction of sp³-hybridized carbons (Fsp3) is 0.680. The molecule has 1 aromatic rings. The molecule has 2 fully saturated rings. The number of amides is 2. The van der Waals surface area contributed by atoms with Crippen LogP contribution >= 0.6 is 0 Å². The Bertz CT molecular complexity index is 761. The first kappa shape index (κ1) is 24.5. The van der Waals surface area contributed by atoms with Gasteiger partial charge in [0.2, 0.25) is 0 Å². The number of ether oxygens (including phenoxy) is 2. The molecule has 1 saturated carbocycles. The highest BCUT2D eigenvalue weighted by atomic mass is 16.6. The lowest BCUT2D eigenvalue weighted by Gasteiger charge is -2.35. The van der Waals surface area contributed by atoms with Crippen LogP contribution in [0.2, 0.25) is 0 Å². The minimum atomic E-state index is -0.555. The minimum Gasteiger partial charge on any atom is -0.444 e. The summed E-state index contributed by atoms with van der Waals surface area (Å²) in [4.78, 5) is 27.9. The first-order valence-electron chi connectivity index (χ1n) is 11.9. The molecular formula is C25H39N3O4. The number of hydrogen-bond acceptors (Lipinski definition) is 5. The van der Waals surface area contributed by atoms with E-state index < -0.39 is 17.2 Å². The van der Waals surface area contributed by atoms with Gasteiger partial charge >= 0.3 is 6.09 Å². The van der Waals surface area contributed by atoms with Crippen LogP contribution in [-0.2, 0) is 16.0 Å². The van der Waals surface area contributed by atoms with E-state index >= 15 is 0 Å². The third-order valence-corrected chi connectivity index (χ3v) is 6.11. The Morgan fingerprint density at radius 1 is 1.09 bits per heavy atom. The molecule has 1 aliphatic carbocycles. The van der Waals surface area contributed by atoms with Crippen LogP contribution in [-0.4, -0.2) is 60.9 Å². The van der Waals surface area contributed by atoms with Gasteiger partial charge in [0.15, 0.2) is 0 Å². The number of morpholine rings is 1. The highest BCUT2D eigenvalue weighted by Crippen LogP contribution is 2.27. The maximum Gasteiger partial charge on any atom is 0.408 e. The lowest BCUT2D eigenvalue weighted by Crippen LogP contribution is -2.56. The van der Waals surface area contributed by atoms with E-state index in [9.17, 15) is 9.59 Å². The van der Waals surface area contributed by atoms with E-state index in [1.807, 2.05) is 39.0 Å². The van der Waals surface area contributed by atoms with Gasteiger partial charge in [0.1, 0.15) is 5.60 Å². The predicted molar refractivity (Wildman–Crippen MR) is 125 cm³/mol. The molecule has 1 aliphatic heterocycles. The molecule has 0 aromatic heterocycles. The zero-order valence-electron chi connectivity index (χ0n) is 19.9. The maximum atomic E-state index is 13.0. The number of nitrogens with one attached hydrogen (secondary N) is 2. The third kappa shape index (κ3) is 7.78. The summed E-state index contributed by atoms with van der Waals surface area (Å²) in [6, 6.07) is 7.80. The molecule has 0 atom stereocenters. The van der Waals surface area contributed by atoms with Crippen molar-refractivity contribution in [3.63, 3.8) is 0 Å². The van der Waals surface area contributed by atoms with E-state index in [2.05, 4.69) is 21.6 Å². The molecule has 0 radical (unpaired) electrons. The van der Waals surface area contributed by atoms with Gasteiger partial charge in [-0.1, -0.05) is 37.8 Å². The smallest absolute Gasteiger partial charge is 0.408 e. The van der Waals surface area contributed by atoms with Gasteiger partial charge in [-0.05, 0) is 51.3 Å². The zero-order valence-corrected chi connectivity index (χ0v) is 19.9. The Kier molecular flexibility index (Phi) is 8.54. The van der Waals surface area contributed by atoms with Crippen molar-refractivity contribution in [2.75, 3.05) is 32.8 Å². The van der Waals surface area contributed by atoms with Crippen molar-refractivity contribution < 1.29 is 19.1 Å². The quantitative estimate of drug-likeness (QED) is 0.650. The number of carbonyl (C=O) groups is 2. The van der Waals surface area contributed by atoms with Crippen molar-refractivity contribution in [3.05, 3.63) is 35.4 Å². The summed E-state index contributed by atoms with van der Waals surface area (Å²) in [5.41, 5.74) is 0.743. The van der Waals surface area contributed by atoms with E-state index in [4.69, 9.17) is 9.47 Å². The number of benzene rings is 1. The Morgan fingerprint density at radius 2 is 1.78 bits per heavy atom. The van der Waals surface area contributed by atoms with E-state index in [0.717, 1.165) is 76.9 Å². The molecule has 178 valence electrons. The van der Waals surface area contributed by atoms with Crippen molar-refractivity contribution in [2.45, 2.75) is 77.0 Å². The van der Waals surface area contributed by atoms with Crippen molar-refractivity contribution in [1.82, 2.24) is 15.5 Å². The summed E-state index contributed by atoms with van der Waals surface area (Å²) in [7, 11) is 0. The van der Waals surface area contributed by atoms with Crippen LogP contribution in [0.15, 0.2) is 24.3 Å². The second kappa shape index (κ2) is 11.1. The first-order chi connectivity index (χ1) is 15.2. The van der Waals surface area contributed by atoms with Crippen LogP contribution in [0.1, 0.15) is 75.2 Å². The van der Waals surface area contributed by atoms with Gasteiger partial charge in [0.25, 0.3) is 5.91 Å². The van der Waals surface area contributed by atoms with E-state index in [1.165, 1.54) is 0 Å². The normalized spacial score (nSPS) is 19.6. The first-order valence-corrected chi connectivity index (χ1v) is 11.9. The van der Waals surface area contributed by atoms with Gasteiger partial charge in [-0.15, -0.1) is 0 Å². The molecule has 0 spiro atoms. The lowest BCUT2D eigenvalue weighted by atomic mass is 9.90. The summed E-state index contributed by atoms with van der Waals surface area (Å²) in [6.45, 7) is 10.1. The molecule has 0 bridgehead atoms. The van der Waals surface area contributed by atoms with Crippen LogP contribution in [0.5, 0.6) is 0 Å². The highest BCUT2D eigenvalue weighted by Gasteiger charge is 2.34. The van der Waals surface area contributed by atoms with Gasteiger partial charge < -0.3 is 20.1 Å². The molecule has 32 heavy (non-hydrogen) atoms. The molecule has 2 aliphatic rings. The minimum absolute atomic E-state index is 0.108. The van der Waals surface area contributed by atoms with Crippen molar-refractivity contribution in [1.29, 1.82) is 0 Å². The maximum absolute atomic E-state index is 13.0. The Balaban J connectivity index is 1.62. The van der Waals surface area contributed by atoms with Crippen molar-refractivity contribution in [2.24, 2.45) is 0 Å². The summed E-state index contributed by atoms with van der Waals surface area (Å²) in [6.07, 6.45) is 5.61. The molecule has 1 aromatic carbocycles. The molecular weight excluding hydrogens is 406 g/mol. The number of rotatable bonds is 6. The lowest BCUT2D eigenvalue weighted by molar-refractivity contribution is 0.0342. The second-order valence-electron chi connectivity index (χ2n) is 10.1. The van der Waals surface area contributed by atoms with Crippen LogP contribution in [0, 0.1) is 0 Å². The highest BCUT2D eigenvalue weighted by molar-refractivity contribution is 5.94. The molecule has 1 saturated heterocycles. The van der Waals surface area contributed by atoms with E-state index in [1.54, 1.807) is 0 Å². The van der Waals surface area contributed by atoms with E-state index in [-0.39, 0.29) is 5.91 Å². The molecule has 1 heterocycles. The topological polar surface area (TPSA) is 79.9 Å². The molecule has 7 nitrogen and oxygen atoms in total. The summed E-state index contributed by atoms with van der Waals surface area (Å²) < 4.78 is 10.9. The number of carbonyl (C=O) groups excluding carboxylic acids is 2. The number of nitrogens with zero attached hydrogens (tertiary/aromatic N) is 1. The monoisotopic (exact) mass is 445 g/mol. The molecule has 2 amide bonds. The fourth-order valence-corrected chi connectivity index (χ4v) is 4.45. The van der Waals surface area contributed by atoms with Gasteiger partial charge in [-0.25, -0.2) is 4.79 Å². The molecule has 7 heteroatoms. The summed E-state index contributed by atoms with van der Waals surface area (Å²) in [5.74, 6) is -0.108. The average Bonchev–Trinajstić information content (AvgIpc) is 2.97. The predicted octanol–water partition coefficient (Wildman–Crippen LogP) is 3.87. The average molecular weight is 446 g/mol. The number of hydrogen-bond donors (Lipinski definition) is 2. The number of alkyl carbamates (subject to hydrolysis) is 1.